The highest BCUT2D eigenvalue weighted by molar-refractivity contribution is 5.99. The maximum absolute atomic E-state index is 12.3. The molecule has 4 N–H and O–H groups in total. The zero-order chi connectivity index (χ0) is 15.9. The van der Waals surface area contributed by atoms with Crippen molar-refractivity contribution in [1.82, 2.24) is 0 Å². The minimum absolute atomic E-state index is 0.0199. The predicted molar refractivity (Wildman–Crippen MR) is 76.3 cm³/mol. The lowest BCUT2D eigenvalue weighted by atomic mass is 9.77. The number of phenolic OH excluding ortho intramolecular Hbond substituents is 2. The van der Waals surface area contributed by atoms with Gasteiger partial charge in [-0.25, -0.2) is 0 Å². The monoisotopic (exact) mass is 298 g/mol. The lowest BCUT2D eigenvalue weighted by molar-refractivity contribution is -0.116. The van der Waals surface area contributed by atoms with Crippen molar-refractivity contribution in [2.75, 3.05) is 0 Å². The first kappa shape index (κ1) is 14.0. The van der Waals surface area contributed by atoms with E-state index in [0.29, 0.717) is 36.2 Å². The van der Waals surface area contributed by atoms with Crippen LogP contribution in [-0.2, 0) is 9.53 Å². The average molecular weight is 298 g/mol. The number of phenols is 2. The van der Waals surface area contributed by atoms with Crippen LogP contribution < -0.4 is 5.73 Å². The molecule has 6 nitrogen and oxygen atoms in total. The Morgan fingerprint density at radius 1 is 1.27 bits per heavy atom. The molecule has 0 spiro atoms. The van der Waals surface area contributed by atoms with Crippen LogP contribution in [0.1, 0.15) is 30.7 Å². The molecule has 0 unspecified atom stereocenters. The number of rotatable bonds is 1. The van der Waals surface area contributed by atoms with E-state index in [-0.39, 0.29) is 28.7 Å². The average Bonchev–Trinajstić information content (AvgIpc) is 2.49. The summed E-state index contributed by atoms with van der Waals surface area (Å²) in [6, 6.07) is 6.20. The fourth-order valence-corrected chi connectivity index (χ4v) is 2.91. The summed E-state index contributed by atoms with van der Waals surface area (Å²) in [5, 5.41) is 28.5. The Morgan fingerprint density at radius 2 is 2.05 bits per heavy atom. The van der Waals surface area contributed by atoms with Gasteiger partial charge in [0.25, 0.3) is 0 Å². The number of allylic oxidation sites excluding steroid dienone is 3. The molecule has 1 heterocycles. The van der Waals surface area contributed by atoms with E-state index in [4.69, 9.17) is 10.5 Å². The van der Waals surface area contributed by atoms with Crippen LogP contribution in [-0.4, -0.2) is 16.0 Å². The number of hydrogen-bond acceptors (Lipinski definition) is 6. The SMILES string of the molecule is N#CC1=C(N)OC2=C(C(=O)CCC2)[C@@H]1c1ccc(O)c(O)c1. The lowest BCUT2D eigenvalue weighted by Gasteiger charge is -2.31. The van der Waals surface area contributed by atoms with E-state index in [0.717, 1.165) is 0 Å². The second kappa shape index (κ2) is 5.11. The number of carbonyl (C=O) groups excluding carboxylic acids is 1. The number of nitrogens with zero attached hydrogens (tertiary/aromatic N) is 1. The highest BCUT2D eigenvalue weighted by Crippen LogP contribution is 2.44. The quantitative estimate of drug-likeness (QED) is 0.682. The van der Waals surface area contributed by atoms with Gasteiger partial charge < -0.3 is 20.7 Å². The number of hydrogen-bond donors (Lipinski definition) is 3. The number of ether oxygens (including phenoxy) is 1. The Morgan fingerprint density at radius 3 is 2.73 bits per heavy atom. The van der Waals surface area contributed by atoms with E-state index < -0.39 is 5.92 Å². The summed E-state index contributed by atoms with van der Waals surface area (Å²) in [7, 11) is 0. The molecular weight excluding hydrogens is 284 g/mol. The Hall–Kier alpha value is -2.94. The molecule has 0 saturated carbocycles. The maximum Gasteiger partial charge on any atom is 0.205 e. The van der Waals surface area contributed by atoms with E-state index in [1.165, 1.54) is 12.1 Å². The maximum atomic E-state index is 12.3. The normalized spacial score (nSPS) is 21.2. The molecule has 1 aromatic rings. The number of aromatic hydroxyl groups is 2. The Kier molecular flexibility index (Phi) is 3.26. The van der Waals surface area contributed by atoms with Crippen molar-refractivity contribution in [3.8, 4) is 17.6 Å². The minimum Gasteiger partial charge on any atom is -0.504 e. The van der Waals surface area contributed by atoms with Gasteiger partial charge in [0, 0.05) is 18.4 Å². The molecule has 0 amide bonds. The van der Waals surface area contributed by atoms with Crippen LogP contribution in [0.5, 0.6) is 11.5 Å². The second-order valence-electron chi connectivity index (χ2n) is 5.29. The van der Waals surface area contributed by atoms with Gasteiger partial charge in [-0.15, -0.1) is 0 Å². The molecule has 2 aliphatic rings. The highest BCUT2D eigenvalue weighted by atomic mass is 16.5. The van der Waals surface area contributed by atoms with Gasteiger partial charge in [0.05, 0.1) is 5.92 Å². The molecule has 112 valence electrons. The molecule has 0 saturated heterocycles. The van der Waals surface area contributed by atoms with Gasteiger partial charge in [-0.05, 0) is 24.1 Å². The van der Waals surface area contributed by atoms with Gasteiger partial charge in [-0.1, -0.05) is 6.07 Å². The molecule has 0 aromatic heterocycles. The molecule has 0 fully saturated rings. The number of nitrogens with two attached hydrogens (primary N) is 1. The van der Waals surface area contributed by atoms with Crippen LogP contribution in [0, 0.1) is 11.3 Å². The number of benzene rings is 1. The van der Waals surface area contributed by atoms with Crippen molar-refractivity contribution in [3.63, 3.8) is 0 Å². The number of nitriles is 1. The summed E-state index contributed by atoms with van der Waals surface area (Å²) in [5.41, 5.74) is 6.89. The van der Waals surface area contributed by atoms with E-state index in [1.807, 2.05) is 6.07 Å². The van der Waals surface area contributed by atoms with E-state index in [9.17, 15) is 20.3 Å². The largest absolute Gasteiger partial charge is 0.504 e. The molecule has 1 aromatic carbocycles. The third-order valence-electron chi connectivity index (χ3n) is 3.94. The molecule has 6 heteroatoms. The molecule has 3 rings (SSSR count). The summed E-state index contributed by atoms with van der Waals surface area (Å²) >= 11 is 0. The first-order chi connectivity index (χ1) is 10.5. The van der Waals surface area contributed by atoms with E-state index >= 15 is 0 Å². The molecule has 0 radical (unpaired) electrons. The first-order valence-corrected chi connectivity index (χ1v) is 6.88. The third-order valence-corrected chi connectivity index (χ3v) is 3.94. The number of carbonyl (C=O) groups is 1. The van der Waals surface area contributed by atoms with Gasteiger partial charge in [0.15, 0.2) is 17.3 Å². The highest BCUT2D eigenvalue weighted by Gasteiger charge is 2.38. The van der Waals surface area contributed by atoms with Gasteiger partial charge in [-0.3, -0.25) is 4.79 Å². The zero-order valence-corrected chi connectivity index (χ0v) is 11.7. The van der Waals surface area contributed by atoms with Gasteiger partial charge >= 0.3 is 0 Å². The Labute approximate surface area is 126 Å². The standard InChI is InChI=1S/C16H14N2O4/c17-7-9-14(8-4-5-10(19)12(21)6-8)15-11(20)2-1-3-13(15)22-16(9)18/h4-6,14,19,21H,1-3,18H2/t14-/m1/s1. The molecular formula is C16H14N2O4. The van der Waals surface area contributed by atoms with Crippen molar-refractivity contribution in [2.24, 2.45) is 5.73 Å². The van der Waals surface area contributed by atoms with Crippen LogP contribution >= 0.6 is 0 Å². The molecule has 0 bridgehead atoms. The summed E-state index contributed by atoms with van der Waals surface area (Å²) < 4.78 is 5.45. The zero-order valence-electron chi connectivity index (χ0n) is 11.7. The summed E-state index contributed by atoms with van der Waals surface area (Å²) in [6.45, 7) is 0. The van der Waals surface area contributed by atoms with Crippen LogP contribution in [0.4, 0.5) is 0 Å². The van der Waals surface area contributed by atoms with Crippen LogP contribution in [0.2, 0.25) is 0 Å². The van der Waals surface area contributed by atoms with Crippen LogP contribution in [0.25, 0.3) is 0 Å². The molecule has 1 aliphatic carbocycles. The van der Waals surface area contributed by atoms with Crippen LogP contribution in [0.15, 0.2) is 41.0 Å². The molecule has 22 heavy (non-hydrogen) atoms. The summed E-state index contributed by atoms with van der Waals surface area (Å²) in [6.07, 6.45) is 1.66. The predicted octanol–water partition coefficient (Wildman–Crippen LogP) is 1.91. The van der Waals surface area contributed by atoms with Gasteiger partial charge in [-0.2, -0.15) is 5.26 Å². The van der Waals surface area contributed by atoms with Gasteiger partial charge in [0.2, 0.25) is 5.88 Å². The molecule has 1 atom stereocenters. The van der Waals surface area contributed by atoms with Crippen molar-refractivity contribution < 1.29 is 19.7 Å². The second-order valence-corrected chi connectivity index (χ2v) is 5.29. The van der Waals surface area contributed by atoms with E-state index in [2.05, 4.69) is 0 Å². The topological polar surface area (TPSA) is 117 Å². The first-order valence-electron chi connectivity index (χ1n) is 6.88. The molecule has 1 aliphatic heterocycles. The van der Waals surface area contributed by atoms with Crippen molar-refractivity contribution in [2.45, 2.75) is 25.2 Å². The third kappa shape index (κ3) is 2.07. The van der Waals surface area contributed by atoms with Crippen molar-refractivity contribution >= 4 is 5.78 Å². The fraction of sp³-hybridized carbons (Fsp3) is 0.250. The minimum atomic E-state index is -0.673. The smallest absolute Gasteiger partial charge is 0.205 e. The van der Waals surface area contributed by atoms with Crippen molar-refractivity contribution in [1.29, 1.82) is 5.26 Å². The summed E-state index contributed by atoms with van der Waals surface area (Å²) in [4.78, 5) is 12.3. The number of Topliss-reactive ketones (excluding diaryl/α,β-unsaturated/α-hetero) is 1. The van der Waals surface area contributed by atoms with Gasteiger partial charge in [0.1, 0.15) is 17.4 Å². The fourth-order valence-electron chi connectivity index (χ4n) is 2.91. The lowest BCUT2D eigenvalue weighted by Crippen LogP contribution is -2.27. The summed E-state index contributed by atoms with van der Waals surface area (Å²) in [5.74, 6) is -0.869. The van der Waals surface area contributed by atoms with Crippen LogP contribution in [0.3, 0.4) is 0 Å². The van der Waals surface area contributed by atoms with E-state index in [1.54, 1.807) is 6.07 Å². The Bertz CT molecular complexity index is 771. The number of ketones is 1. The van der Waals surface area contributed by atoms with Crippen molar-refractivity contribution in [3.05, 3.63) is 46.6 Å². The Balaban J connectivity index is 2.20.